The lowest BCUT2D eigenvalue weighted by molar-refractivity contribution is -0.274. The minimum atomic E-state index is -4.83. The fourth-order valence-electron chi connectivity index (χ4n) is 1.97. The molecule has 2 N–H and O–H groups in total. The summed E-state index contributed by atoms with van der Waals surface area (Å²) < 4.78 is 40.7. The maximum absolute atomic E-state index is 12.3. The highest BCUT2D eigenvalue weighted by Gasteiger charge is 2.32. The zero-order chi connectivity index (χ0) is 15.5. The number of anilines is 1. The molecule has 0 aromatic heterocycles. The number of nitrogens with one attached hydrogen (secondary N) is 2. The van der Waals surface area contributed by atoms with Gasteiger partial charge in [0.05, 0.1) is 11.6 Å². The van der Waals surface area contributed by atoms with E-state index in [1.165, 1.54) is 18.2 Å². The fraction of sp³-hybridized carbons (Fsp3) is 0.385. The van der Waals surface area contributed by atoms with Gasteiger partial charge in [-0.2, -0.15) is 0 Å². The van der Waals surface area contributed by atoms with E-state index in [2.05, 4.69) is 15.4 Å². The van der Waals surface area contributed by atoms with E-state index in [4.69, 9.17) is 0 Å². The van der Waals surface area contributed by atoms with Crippen LogP contribution in [-0.2, 0) is 9.59 Å². The summed E-state index contributed by atoms with van der Waals surface area (Å²) in [6, 6.07) is 5.30. The highest BCUT2D eigenvalue weighted by atomic mass is 19.4. The number of rotatable bonds is 3. The van der Waals surface area contributed by atoms with Crippen molar-refractivity contribution in [3.05, 3.63) is 24.3 Å². The number of carbonyl (C=O) groups excluding carboxylic acids is 2. The van der Waals surface area contributed by atoms with E-state index < -0.39 is 23.9 Å². The van der Waals surface area contributed by atoms with Crippen molar-refractivity contribution in [3.63, 3.8) is 0 Å². The summed E-state index contributed by atoms with van der Waals surface area (Å²) in [5.41, 5.74) is -0.0586. The molecule has 1 unspecified atom stereocenters. The molecule has 0 bridgehead atoms. The second-order valence-electron chi connectivity index (χ2n) is 4.57. The van der Waals surface area contributed by atoms with Gasteiger partial charge in [0, 0.05) is 13.0 Å². The molecular formula is C13H13F3N2O3. The van der Waals surface area contributed by atoms with Gasteiger partial charge in [-0.05, 0) is 18.6 Å². The standard InChI is InChI=1S/C13H13F3N2O3/c14-13(15,16)21-10-4-2-1-3-9(10)18-12(20)8-5-6-11(19)17-7-8/h1-4,8H,5-7H2,(H,17,19)(H,18,20). The lowest BCUT2D eigenvalue weighted by Crippen LogP contribution is -2.40. The molecule has 0 spiro atoms. The second kappa shape index (κ2) is 6.02. The largest absolute Gasteiger partial charge is 0.573 e. The zero-order valence-corrected chi connectivity index (χ0v) is 10.9. The van der Waals surface area contributed by atoms with Crippen molar-refractivity contribution < 1.29 is 27.5 Å². The molecule has 2 amide bonds. The van der Waals surface area contributed by atoms with Gasteiger partial charge in [0.15, 0.2) is 5.75 Å². The summed E-state index contributed by atoms with van der Waals surface area (Å²) in [7, 11) is 0. The van der Waals surface area contributed by atoms with E-state index in [1.807, 2.05) is 0 Å². The van der Waals surface area contributed by atoms with E-state index in [9.17, 15) is 22.8 Å². The van der Waals surface area contributed by atoms with Crippen molar-refractivity contribution >= 4 is 17.5 Å². The number of halogens is 3. The van der Waals surface area contributed by atoms with Crippen molar-refractivity contribution in [1.29, 1.82) is 0 Å². The maximum Gasteiger partial charge on any atom is 0.573 e. The summed E-state index contributed by atoms with van der Waals surface area (Å²) in [4.78, 5) is 23.0. The Bertz CT molecular complexity index is 536. The zero-order valence-electron chi connectivity index (χ0n) is 10.9. The topological polar surface area (TPSA) is 67.4 Å². The minimum Gasteiger partial charge on any atom is -0.404 e. The molecule has 1 fully saturated rings. The lowest BCUT2D eigenvalue weighted by atomic mass is 9.98. The summed E-state index contributed by atoms with van der Waals surface area (Å²) in [6.45, 7) is 0.174. The number of alkyl halides is 3. The molecule has 0 radical (unpaired) electrons. The van der Waals surface area contributed by atoms with E-state index in [0.29, 0.717) is 6.42 Å². The normalized spacial score (nSPS) is 18.8. The molecule has 5 nitrogen and oxygen atoms in total. The number of para-hydroxylation sites is 2. The molecule has 114 valence electrons. The van der Waals surface area contributed by atoms with Crippen LogP contribution in [0.15, 0.2) is 24.3 Å². The van der Waals surface area contributed by atoms with Gasteiger partial charge in [-0.3, -0.25) is 9.59 Å². The van der Waals surface area contributed by atoms with Crippen LogP contribution in [0.3, 0.4) is 0 Å². The monoisotopic (exact) mass is 302 g/mol. The van der Waals surface area contributed by atoms with E-state index in [1.54, 1.807) is 0 Å². The van der Waals surface area contributed by atoms with Gasteiger partial charge in [-0.25, -0.2) is 0 Å². The summed E-state index contributed by atoms with van der Waals surface area (Å²) in [6.07, 6.45) is -4.25. The van der Waals surface area contributed by atoms with Crippen LogP contribution in [0.1, 0.15) is 12.8 Å². The Labute approximate surface area is 118 Å². The third-order valence-corrected chi connectivity index (χ3v) is 3.01. The van der Waals surface area contributed by atoms with Gasteiger partial charge >= 0.3 is 6.36 Å². The Hall–Kier alpha value is -2.25. The van der Waals surface area contributed by atoms with E-state index in [-0.39, 0.29) is 24.6 Å². The van der Waals surface area contributed by atoms with Crippen LogP contribution in [0.25, 0.3) is 0 Å². The molecule has 0 saturated carbocycles. The van der Waals surface area contributed by atoms with Gasteiger partial charge < -0.3 is 15.4 Å². The molecule has 1 aromatic carbocycles. The Kier molecular flexibility index (Phi) is 4.35. The van der Waals surface area contributed by atoms with Crippen molar-refractivity contribution in [2.24, 2.45) is 5.92 Å². The van der Waals surface area contributed by atoms with Crippen LogP contribution < -0.4 is 15.4 Å². The Morgan fingerprint density at radius 1 is 1.33 bits per heavy atom. The molecule has 1 heterocycles. The molecule has 1 aliphatic heterocycles. The van der Waals surface area contributed by atoms with Crippen LogP contribution in [0.4, 0.5) is 18.9 Å². The number of amides is 2. The lowest BCUT2D eigenvalue weighted by Gasteiger charge is -2.22. The molecule has 1 aromatic rings. The summed E-state index contributed by atoms with van der Waals surface area (Å²) >= 11 is 0. The van der Waals surface area contributed by atoms with Crippen LogP contribution >= 0.6 is 0 Å². The predicted octanol–water partition coefficient (Wildman–Crippen LogP) is 2.05. The third kappa shape index (κ3) is 4.37. The molecule has 0 aliphatic carbocycles. The van der Waals surface area contributed by atoms with Gasteiger partial charge in [-0.1, -0.05) is 12.1 Å². The number of benzene rings is 1. The van der Waals surface area contributed by atoms with Crippen LogP contribution in [0.5, 0.6) is 5.75 Å². The quantitative estimate of drug-likeness (QED) is 0.898. The summed E-state index contributed by atoms with van der Waals surface area (Å²) in [5.74, 6) is -1.53. The van der Waals surface area contributed by atoms with Crippen LogP contribution in [0, 0.1) is 5.92 Å². The molecule has 8 heteroatoms. The number of carbonyl (C=O) groups is 2. The second-order valence-corrected chi connectivity index (χ2v) is 4.57. The first-order chi connectivity index (χ1) is 9.85. The number of hydrogen-bond acceptors (Lipinski definition) is 3. The van der Waals surface area contributed by atoms with Crippen molar-refractivity contribution in [1.82, 2.24) is 5.32 Å². The van der Waals surface area contributed by atoms with E-state index >= 15 is 0 Å². The molecule has 1 saturated heterocycles. The van der Waals surface area contributed by atoms with Gasteiger partial charge in [0.2, 0.25) is 11.8 Å². The molecular weight excluding hydrogens is 289 g/mol. The predicted molar refractivity (Wildman–Crippen MR) is 67.5 cm³/mol. The highest BCUT2D eigenvalue weighted by molar-refractivity contribution is 5.95. The highest BCUT2D eigenvalue weighted by Crippen LogP contribution is 2.30. The third-order valence-electron chi connectivity index (χ3n) is 3.01. The number of piperidine rings is 1. The first-order valence-electron chi connectivity index (χ1n) is 6.27. The van der Waals surface area contributed by atoms with Gasteiger partial charge in [-0.15, -0.1) is 13.2 Å². The first-order valence-corrected chi connectivity index (χ1v) is 6.27. The number of hydrogen-bond donors (Lipinski definition) is 2. The SMILES string of the molecule is O=C1CCC(C(=O)Nc2ccccc2OC(F)(F)F)CN1. The minimum absolute atomic E-state index is 0.0586. The smallest absolute Gasteiger partial charge is 0.404 e. The van der Waals surface area contributed by atoms with Gasteiger partial charge in [0.25, 0.3) is 0 Å². The van der Waals surface area contributed by atoms with Gasteiger partial charge in [0.1, 0.15) is 0 Å². The van der Waals surface area contributed by atoms with Crippen molar-refractivity contribution in [3.8, 4) is 5.75 Å². The first kappa shape index (κ1) is 15.1. The summed E-state index contributed by atoms with van der Waals surface area (Å²) in [5, 5.41) is 4.94. The Morgan fingerprint density at radius 2 is 2.05 bits per heavy atom. The number of ether oxygens (including phenoxy) is 1. The van der Waals surface area contributed by atoms with Crippen molar-refractivity contribution in [2.75, 3.05) is 11.9 Å². The average Bonchev–Trinajstić information content (AvgIpc) is 2.40. The molecule has 1 aliphatic rings. The Balaban J connectivity index is 2.05. The van der Waals surface area contributed by atoms with Crippen LogP contribution in [-0.4, -0.2) is 24.7 Å². The molecule has 2 rings (SSSR count). The molecule has 1 atom stereocenters. The fourth-order valence-corrected chi connectivity index (χ4v) is 1.97. The maximum atomic E-state index is 12.3. The Morgan fingerprint density at radius 3 is 2.67 bits per heavy atom. The molecule has 21 heavy (non-hydrogen) atoms. The van der Waals surface area contributed by atoms with E-state index in [0.717, 1.165) is 6.07 Å². The van der Waals surface area contributed by atoms with Crippen LogP contribution in [0.2, 0.25) is 0 Å². The van der Waals surface area contributed by atoms with Crippen molar-refractivity contribution in [2.45, 2.75) is 19.2 Å². The average molecular weight is 302 g/mol.